The fourth-order valence-electron chi connectivity index (χ4n) is 5.19. The van der Waals surface area contributed by atoms with Gasteiger partial charge in [0.1, 0.15) is 11.3 Å². The minimum absolute atomic E-state index is 0.456. The number of hydrogen-bond donors (Lipinski definition) is 0. The molecule has 2 aliphatic carbocycles. The van der Waals surface area contributed by atoms with Crippen molar-refractivity contribution >= 4 is 28.2 Å². The van der Waals surface area contributed by atoms with Crippen molar-refractivity contribution in [2.75, 3.05) is 7.11 Å². The summed E-state index contributed by atoms with van der Waals surface area (Å²) in [5.41, 5.74) is 4.87. The van der Waals surface area contributed by atoms with E-state index in [1.807, 2.05) is 30.3 Å². The highest BCUT2D eigenvalue weighted by Crippen LogP contribution is 2.42. The molecule has 2 aliphatic rings. The first-order valence-electron chi connectivity index (χ1n) is 11.9. The third-order valence-corrected chi connectivity index (χ3v) is 7.11. The Hall–Kier alpha value is -3.31. The van der Waals surface area contributed by atoms with Crippen LogP contribution in [-0.2, 0) is 0 Å². The summed E-state index contributed by atoms with van der Waals surface area (Å²) in [6.45, 7) is 0. The van der Waals surface area contributed by atoms with Gasteiger partial charge in [-0.25, -0.2) is 9.97 Å². The zero-order valence-corrected chi connectivity index (χ0v) is 19.9. The van der Waals surface area contributed by atoms with Gasteiger partial charge in [0.05, 0.1) is 24.4 Å². The van der Waals surface area contributed by atoms with Crippen LogP contribution in [-0.4, -0.2) is 21.6 Å². The molecule has 2 aromatic heterocycles. The third kappa shape index (κ3) is 3.64. The van der Waals surface area contributed by atoms with Crippen molar-refractivity contribution in [2.24, 2.45) is 0 Å². The van der Waals surface area contributed by atoms with Gasteiger partial charge in [0, 0.05) is 22.2 Å². The maximum atomic E-state index is 6.15. The highest BCUT2D eigenvalue weighted by molar-refractivity contribution is 6.30. The average molecular weight is 472 g/mol. The van der Waals surface area contributed by atoms with E-state index in [-0.39, 0.29) is 0 Å². The smallest absolute Gasteiger partial charge is 0.230 e. The first-order chi connectivity index (χ1) is 16.7. The minimum atomic E-state index is 0.456. The van der Waals surface area contributed by atoms with Crippen LogP contribution in [0.1, 0.15) is 50.4 Å². The Labute approximate surface area is 203 Å². The van der Waals surface area contributed by atoms with Gasteiger partial charge >= 0.3 is 0 Å². The van der Waals surface area contributed by atoms with Crippen molar-refractivity contribution in [3.8, 4) is 28.5 Å². The lowest BCUT2D eigenvalue weighted by molar-refractivity contribution is 0.358. The molecule has 4 aromatic rings. The van der Waals surface area contributed by atoms with Crippen LogP contribution in [0.2, 0.25) is 5.02 Å². The fourth-order valence-corrected chi connectivity index (χ4v) is 5.32. The predicted molar refractivity (Wildman–Crippen MR) is 136 cm³/mol. The second kappa shape index (κ2) is 8.80. The SMILES string of the molecule is COc1c(-c2ncc(-c3ccc(Cl)cc3)o2)ccc2c1nc(C1=CCC=C1)n2C1CCCCC1. The molecule has 0 bridgehead atoms. The Morgan fingerprint density at radius 1 is 1.06 bits per heavy atom. The Morgan fingerprint density at radius 2 is 1.88 bits per heavy atom. The highest BCUT2D eigenvalue weighted by atomic mass is 35.5. The van der Waals surface area contributed by atoms with Crippen LogP contribution in [0.3, 0.4) is 0 Å². The van der Waals surface area contributed by atoms with Crippen molar-refractivity contribution in [1.29, 1.82) is 0 Å². The van der Waals surface area contributed by atoms with Crippen LogP contribution in [0.15, 0.2) is 65.2 Å². The van der Waals surface area contributed by atoms with Crippen molar-refractivity contribution in [3.63, 3.8) is 0 Å². The van der Waals surface area contributed by atoms with Crippen LogP contribution in [0.5, 0.6) is 5.75 Å². The van der Waals surface area contributed by atoms with E-state index < -0.39 is 0 Å². The van der Waals surface area contributed by atoms with Gasteiger partial charge in [0.25, 0.3) is 0 Å². The van der Waals surface area contributed by atoms with Crippen LogP contribution < -0.4 is 4.74 Å². The minimum Gasteiger partial charge on any atom is -0.494 e. The van der Waals surface area contributed by atoms with Gasteiger partial charge in [0.15, 0.2) is 11.5 Å². The van der Waals surface area contributed by atoms with E-state index >= 15 is 0 Å². The summed E-state index contributed by atoms with van der Waals surface area (Å²) in [5.74, 6) is 2.92. The average Bonchev–Trinajstić information content (AvgIpc) is 3.64. The van der Waals surface area contributed by atoms with Crippen molar-refractivity contribution < 1.29 is 9.15 Å². The van der Waals surface area contributed by atoms with Crippen LogP contribution >= 0.6 is 11.6 Å². The summed E-state index contributed by atoms with van der Waals surface area (Å²) in [6, 6.07) is 12.2. The fraction of sp³-hybridized carbons (Fsp3) is 0.286. The van der Waals surface area contributed by atoms with Gasteiger partial charge < -0.3 is 13.7 Å². The van der Waals surface area contributed by atoms with Gasteiger partial charge in [-0.05, 0) is 55.7 Å². The molecule has 6 heteroatoms. The molecule has 0 unspecified atom stereocenters. The van der Waals surface area contributed by atoms with E-state index in [1.165, 1.54) is 37.7 Å². The number of ether oxygens (including phenoxy) is 1. The van der Waals surface area contributed by atoms with Crippen molar-refractivity contribution in [2.45, 2.75) is 44.6 Å². The lowest BCUT2D eigenvalue weighted by Crippen LogP contribution is -2.15. The van der Waals surface area contributed by atoms with Crippen molar-refractivity contribution in [3.05, 3.63) is 71.7 Å². The van der Waals surface area contributed by atoms with Gasteiger partial charge in [-0.2, -0.15) is 0 Å². The van der Waals surface area contributed by atoms with Gasteiger partial charge in [0.2, 0.25) is 5.89 Å². The number of allylic oxidation sites excluding steroid dienone is 4. The Morgan fingerprint density at radius 3 is 2.62 bits per heavy atom. The number of aromatic nitrogens is 3. The molecule has 0 N–H and O–H groups in total. The van der Waals surface area contributed by atoms with E-state index in [1.54, 1.807) is 13.3 Å². The number of benzene rings is 2. The first-order valence-corrected chi connectivity index (χ1v) is 12.3. The molecule has 0 saturated heterocycles. The second-order valence-corrected chi connectivity index (χ2v) is 9.38. The molecule has 0 spiro atoms. The Balaban J connectivity index is 1.48. The third-order valence-electron chi connectivity index (χ3n) is 6.85. The molecule has 0 atom stereocenters. The highest BCUT2D eigenvalue weighted by Gasteiger charge is 2.26. The zero-order chi connectivity index (χ0) is 23.1. The molecule has 5 nitrogen and oxygen atoms in total. The molecule has 0 radical (unpaired) electrons. The monoisotopic (exact) mass is 471 g/mol. The summed E-state index contributed by atoms with van der Waals surface area (Å²) < 4.78 is 14.5. The summed E-state index contributed by atoms with van der Waals surface area (Å²) in [5, 5.41) is 0.687. The van der Waals surface area contributed by atoms with Gasteiger partial charge in [-0.3, -0.25) is 0 Å². The van der Waals surface area contributed by atoms with E-state index in [2.05, 4.69) is 33.8 Å². The normalized spacial score (nSPS) is 16.4. The molecular weight excluding hydrogens is 446 g/mol. The number of rotatable bonds is 5. The first kappa shape index (κ1) is 21.2. The molecular formula is C28H26ClN3O2. The summed E-state index contributed by atoms with van der Waals surface area (Å²) in [4.78, 5) is 9.70. The van der Waals surface area contributed by atoms with E-state index in [0.29, 0.717) is 28.5 Å². The number of fused-ring (bicyclic) bond motifs is 1. The summed E-state index contributed by atoms with van der Waals surface area (Å²) >= 11 is 6.03. The molecule has 0 aliphatic heterocycles. The van der Waals surface area contributed by atoms with Crippen molar-refractivity contribution in [1.82, 2.24) is 14.5 Å². The van der Waals surface area contributed by atoms with E-state index in [0.717, 1.165) is 34.4 Å². The zero-order valence-electron chi connectivity index (χ0n) is 19.1. The molecule has 1 fully saturated rings. The molecule has 172 valence electrons. The maximum absolute atomic E-state index is 6.15. The molecule has 6 rings (SSSR count). The Kier molecular flexibility index (Phi) is 5.50. The van der Waals surface area contributed by atoms with E-state index in [4.69, 9.17) is 25.7 Å². The molecule has 2 aromatic carbocycles. The second-order valence-electron chi connectivity index (χ2n) is 8.95. The topological polar surface area (TPSA) is 53.1 Å². The van der Waals surface area contributed by atoms with Crippen LogP contribution in [0.25, 0.3) is 39.4 Å². The molecule has 2 heterocycles. The lowest BCUT2D eigenvalue weighted by Gasteiger charge is -2.25. The molecule has 1 saturated carbocycles. The van der Waals surface area contributed by atoms with Gasteiger partial charge in [-0.1, -0.05) is 49.1 Å². The number of imidazole rings is 1. The molecule has 34 heavy (non-hydrogen) atoms. The summed E-state index contributed by atoms with van der Waals surface area (Å²) in [7, 11) is 1.69. The number of halogens is 1. The Bertz CT molecular complexity index is 1410. The number of methoxy groups -OCH3 is 1. The molecule has 0 amide bonds. The predicted octanol–water partition coefficient (Wildman–Crippen LogP) is 7.87. The van der Waals surface area contributed by atoms with Crippen LogP contribution in [0.4, 0.5) is 0 Å². The van der Waals surface area contributed by atoms with Gasteiger partial charge in [-0.15, -0.1) is 0 Å². The quantitative estimate of drug-likeness (QED) is 0.297. The largest absolute Gasteiger partial charge is 0.494 e. The number of nitrogens with zero attached hydrogens (tertiary/aromatic N) is 3. The maximum Gasteiger partial charge on any atom is 0.230 e. The number of oxazole rings is 1. The van der Waals surface area contributed by atoms with E-state index in [9.17, 15) is 0 Å². The lowest BCUT2D eigenvalue weighted by atomic mass is 9.95. The number of hydrogen-bond acceptors (Lipinski definition) is 4. The van der Waals surface area contributed by atoms with Crippen LogP contribution in [0, 0.1) is 0 Å². The summed E-state index contributed by atoms with van der Waals surface area (Å²) in [6.07, 6.45) is 15.5. The standard InChI is InChI=1S/C28H26ClN3O2/c1-33-26-22(28-30-17-24(34-28)18-11-13-20(29)14-12-18)15-16-23-25(26)31-27(19-7-5-6-8-19)32(23)21-9-3-2-4-10-21/h5,7-8,11-17,21H,2-4,6,9-10H2,1H3.